The van der Waals surface area contributed by atoms with E-state index in [-0.39, 0.29) is 25.3 Å². The normalized spacial score (nSPS) is 15.9. The van der Waals surface area contributed by atoms with E-state index < -0.39 is 11.9 Å². The molecule has 0 bridgehead atoms. The second-order valence-electron chi connectivity index (χ2n) is 13.0. The number of aromatic nitrogens is 3. The van der Waals surface area contributed by atoms with Crippen molar-refractivity contribution in [3.05, 3.63) is 83.3 Å². The molecule has 2 aromatic heterocycles. The van der Waals surface area contributed by atoms with Gasteiger partial charge in [-0.3, -0.25) is 9.58 Å². The van der Waals surface area contributed by atoms with E-state index in [9.17, 15) is 18.7 Å². The smallest absolute Gasteiger partial charge is 0.352 e. The summed E-state index contributed by atoms with van der Waals surface area (Å²) in [5, 5.41) is 21.5. The summed E-state index contributed by atoms with van der Waals surface area (Å²) in [5.41, 5.74) is 5.13. The zero-order chi connectivity index (χ0) is 35.3. The third-order valence-electron chi connectivity index (χ3n) is 9.42. The van der Waals surface area contributed by atoms with Crippen LogP contribution in [0.5, 0.6) is 5.75 Å². The highest BCUT2D eigenvalue weighted by molar-refractivity contribution is 6.04. The number of carboxylic acid groups (broad SMARTS) is 1. The zero-order valence-electron chi connectivity index (χ0n) is 29.2. The minimum atomic E-state index is -2.68. The van der Waals surface area contributed by atoms with Gasteiger partial charge in [0.15, 0.2) is 0 Å². The van der Waals surface area contributed by atoms with Crippen LogP contribution in [0.15, 0.2) is 60.7 Å². The van der Waals surface area contributed by atoms with E-state index in [2.05, 4.69) is 31.3 Å². The Labute approximate surface area is 291 Å². The molecule has 1 saturated heterocycles. The third kappa shape index (κ3) is 7.55. The van der Waals surface area contributed by atoms with E-state index in [0.717, 1.165) is 75.7 Å². The number of benzene rings is 3. The van der Waals surface area contributed by atoms with Crippen molar-refractivity contribution in [1.29, 1.82) is 0 Å². The third-order valence-corrected chi connectivity index (χ3v) is 9.42. The lowest BCUT2D eigenvalue weighted by atomic mass is 9.97. The lowest BCUT2D eigenvalue weighted by Crippen LogP contribution is -2.55. The molecule has 0 radical (unpaired) electrons. The lowest BCUT2D eigenvalue weighted by Gasteiger charge is -2.38. The van der Waals surface area contributed by atoms with Crippen molar-refractivity contribution < 1.29 is 28.2 Å². The van der Waals surface area contributed by atoms with Crippen molar-refractivity contribution in [1.82, 2.24) is 24.6 Å². The molecule has 9 nitrogen and oxygen atoms in total. The summed E-state index contributed by atoms with van der Waals surface area (Å²) in [6.07, 6.45) is 2.69. The molecule has 0 atom stereocenters. The quantitative estimate of drug-likeness (QED) is 0.149. The van der Waals surface area contributed by atoms with Gasteiger partial charge < -0.3 is 24.5 Å². The number of aromatic carboxylic acids is 1. The fourth-order valence-electron chi connectivity index (χ4n) is 7.19. The molecule has 2 N–H and O–H groups in total. The summed E-state index contributed by atoms with van der Waals surface area (Å²) in [4.78, 5) is 14.6. The van der Waals surface area contributed by atoms with Crippen LogP contribution in [0.1, 0.15) is 60.5 Å². The van der Waals surface area contributed by atoms with E-state index in [1.165, 1.54) is 0 Å². The van der Waals surface area contributed by atoms with Gasteiger partial charge in [0.1, 0.15) is 11.4 Å². The van der Waals surface area contributed by atoms with Crippen LogP contribution in [-0.2, 0) is 37.9 Å². The molecule has 7 rings (SSSR count). The number of para-hydroxylation sites is 1. The van der Waals surface area contributed by atoms with Gasteiger partial charge in [0, 0.05) is 48.6 Å². The maximum Gasteiger partial charge on any atom is 0.352 e. The number of rotatable bonds is 10. The highest BCUT2D eigenvalue weighted by Gasteiger charge is 2.44. The molecule has 0 amide bonds. The molecule has 0 unspecified atom stereocenters. The minimum absolute atomic E-state index is 0.278. The zero-order valence-corrected chi connectivity index (χ0v) is 29.2. The van der Waals surface area contributed by atoms with Gasteiger partial charge in [0.25, 0.3) is 5.92 Å². The molecule has 3 aromatic carbocycles. The van der Waals surface area contributed by atoms with Crippen molar-refractivity contribution in [3.63, 3.8) is 0 Å². The SMILES string of the molecule is CCNCC.Cn1nc(CN2CC(F)(F)C2)c2c1COCCCCn1c(C(=O)O)c(CCCOc3cccc4ccccc34)c3cccc-2c31. The fraction of sp³-hybridized carbons (Fsp3) is 0.436. The van der Waals surface area contributed by atoms with Gasteiger partial charge in [-0.05, 0) is 55.8 Å². The second-order valence-corrected chi connectivity index (χ2v) is 13.0. The van der Waals surface area contributed by atoms with Crippen molar-refractivity contribution in [2.45, 2.75) is 65.1 Å². The summed E-state index contributed by atoms with van der Waals surface area (Å²) in [6, 6.07) is 20.0. The molecule has 4 heterocycles. The van der Waals surface area contributed by atoms with E-state index in [0.29, 0.717) is 44.9 Å². The molecule has 5 aromatic rings. The average Bonchev–Trinajstić information content (AvgIpc) is 3.56. The Bertz CT molecular complexity index is 1940. The van der Waals surface area contributed by atoms with Gasteiger partial charge in [-0.25, -0.2) is 13.6 Å². The number of carbonyl (C=O) groups is 1. The molecule has 0 spiro atoms. The number of carboxylic acids is 1. The Kier molecular flexibility index (Phi) is 11.2. The summed E-state index contributed by atoms with van der Waals surface area (Å²) in [6.45, 7) is 7.88. The van der Waals surface area contributed by atoms with Gasteiger partial charge >= 0.3 is 5.97 Å². The molecule has 1 fully saturated rings. The average molecular weight is 688 g/mol. The van der Waals surface area contributed by atoms with Gasteiger partial charge in [0.2, 0.25) is 0 Å². The number of hydrogen-bond donors (Lipinski definition) is 2. The van der Waals surface area contributed by atoms with E-state index in [1.54, 1.807) is 9.58 Å². The van der Waals surface area contributed by atoms with Crippen LogP contribution in [0.2, 0.25) is 0 Å². The Morgan fingerprint density at radius 2 is 1.76 bits per heavy atom. The number of nitrogens with one attached hydrogen (secondary N) is 1. The second kappa shape index (κ2) is 15.7. The van der Waals surface area contributed by atoms with E-state index >= 15 is 0 Å². The minimum Gasteiger partial charge on any atom is -0.493 e. The van der Waals surface area contributed by atoms with Gasteiger partial charge in [-0.15, -0.1) is 0 Å². The van der Waals surface area contributed by atoms with Gasteiger partial charge in [-0.1, -0.05) is 68.4 Å². The monoisotopic (exact) mass is 687 g/mol. The number of ether oxygens (including phenoxy) is 2. The molecule has 0 aliphatic carbocycles. The van der Waals surface area contributed by atoms with Crippen LogP contribution in [0.25, 0.3) is 32.8 Å². The summed E-state index contributed by atoms with van der Waals surface area (Å²) in [7, 11) is 1.85. The van der Waals surface area contributed by atoms with E-state index in [1.807, 2.05) is 60.1 Å². The first-order valence-electron chi connectivity index (χ1n) is 17.6. The molecule has 266 valence electrons. The Morgan fingerprint density at radius 3 is 2.50 bits per heavy atom. The maximum absolute atomic E-state index is 13.7. The molecule has 0 saturated carbocycles. The molecular weight excluding hydrogens is 640 g/mol. The number of fused-ring (bicyclic) bond motifs is 3. The first kappa shape index (κ1) is 35.5. The van der Waals surface area contributed by atoms with Crippen LogP contribution >= 0.6 is 0 Å². The summed E-state index contributed by atoms with van der Waals surface area (Å²) >= 11 is 0. The van der Waals surface area contributed by atoms with Crippen molar-refractivity contribution >= 4 is 27.6 Å². The largest absolute Gasteiger partial charge is 0.493 e. The predicted molar refractivity (Wildman–Crippen MR) is 192 cm³/mol. The summed E-state index contributed by atoms with van der Waals surface area (Å²) in [5.74, 6) is -2.84. The standard InChI is InChI=1S/C35H36F2N4O4.C4H11N/c1-39-29-20-44-17-5-4-16-41-32-25(12-7-13-27(32)31(29)28(38-39)19-40-21-35(36,37)22-40)26(33(41)34(42)43)14-8-18-45-30-15-6-10-23-9-2-3-11-24(23)30;1-3-5-4-2/h2-3,6-7,9-13,15H,4-5,8,14,16-22H2,1H3,(H,42,43);5H,3-4H2,1-2H3. The number of nitrogens with zero attached hydrogens (tertiary/aromatic N) is 4. The van der Waals surface area contributed by atoms with Crippen LogP contribution in [0, 0.1) is 0 Å². The lowest BCUT2D eigenvalue weighted by molar-refractivity contribution is -0.134. The van der Waals surface area contributed by atoms with E-state index in [4.69, 9.17) is 14.6 Å². The number of halogens is 2. The van der Waals surface area contributed by atoms with Gasteiger partial charge in [-0.2, -0.15) is 5.10 Å². The number of alkyl halides is 2. The Morgan fingerprint density at radius 1 is 1.02 bits per heavy atom. The van der Waals surface area contributed by atoms with Crippen molar-refractivity contribution in [2.24, 2.45) is 7.05 Å². The van der Waals surface area contributed by atoms with Gasteiger partial charge in [0.05, 0.1) is 43.2 Å². The molecule has 50 heavy (non-hydrogen) atoms. The number of aryl methyl sites for hydroxylation is 3. The fourth-order valence-corrected chi connectivity index (χ4v) is 7.19. The topological polar surface area (TPSA) is 93.8 Å². The van der Waals surface area contributed by atoms with Crippen molar-refractivity contribution in [3.8, 4) is 16.9 Å². The van der Waals surface area contributed by atoms with Crippen LogP contribution < -0.4 is 10.1 Å². The van der Waals surface area contributed by atoms with Crippen LogP contribution in [0.3, 0.4) is 0 Å². The molecule has 2 aliphatic rings. The first-order valence-corrected chi connectivity index (χ1v) is 17.6. The Balaban J connectivity index is 0.000000808. The summed E-state index contributed by atoms with van der Waals surface area (Å²) < 4.78 is 43.4. The van der Waals surface area contributed by atoms with Crippen LogP contribution in [0.4, 0.5) is 8.78 Å². The predicted octanol–water partition coefficient (Wildman–Crippen LogP) is 7.28. The first-order chi connectivity index (χ1) is 24.2. The van der Waals surface area contributed by atoms with Crippen molar-refractivity contribution in [2.75, 3.05) is 39.4 Å². The maximum atomic E-state index is 13.7. The highest BCUT2D eigenvalue weighted by Crippen LogP contribution is 2.40. The molecule has 2 aliphatic heterocycles. The molecular formula is C39H47F2N5O4. The number of likely N-dealkylation sites (tertiary alicyclic amines) is 1. The Hall–Kier alpha value is -4.32. The molecule has 11 heteroatoms. The van der Waals surface area contributed by atoms with Crippen LogP contribution in [-0.4, -0.2) is 75.6 Å². The highest BCUT2D eigenvalue weighted by atomic mass is 19.3. The number of hydrogen-bond acceptors (Lipinski definition) is 6.